The quantitative estimate of drug-likeness (QED) is 0.219. The van der Waals surface area contributed by atoms with Gasteiger partial charge in [0.1, 0.15) is 0 Å². The van der Waals surface area contributed by atoms with Crippen molar-refractivity contribution in [2.45, 2.75) is 136 Å². The molecule has 1 aromatic rings. The average Bonchev–Trinajstić information content (AvgIpc) is 2.87. The maximum atomic E-state index is 11.8. The molecule has 0 spiro atoms. The molecule has 0 aliphatic rings. The highest BCUT2D eigenvalue weighted by molar-refractivity contribution is 7.85. The normalized spacial score (nSPS) is 16.2. The molecule has 5 heteroatoms. The van der Waals surface area contributed by atoms with Gasteiger partial charge in [-0.2, -0.15) is 8.42 Å². The fourth-order valence-corrected chi connectivity index (χ4v) is 7.03. The van der Waals surface area contributed by atoms with Gasteiger partial charge in [0.25, 0.3) is 10.1 Å². The highest BCUT2D eigenvalue weighted by atomic mass is 32.2. The van der Waals surface area contributed by atoms with Gasteiger partial charge in [-0.25, -0.2) is 0 Å². The van der Waals surface area contributed by atoms with Gasteiger partial charge in [0, 0.05) is 11.5 Å². The Morgan fingerprint density at radius 2 is 1.17 bits per heavy atom. The molecule has 0 aliphatic carbocycles. The summed E-state index contributed by atoms with van der Waals surface area (Å²) < 4.78 is 33.2. The SMILES string of the molecule is CCC(C)(CC)CC(CC)(CC)C(c1ccc(S(=O)(=O)O)cc1)C(CC)(CC(C)(CC)CC)NC. The van der Waals surface area contributed by atoms with Gasteiger partial charge in [-0.3, -0.25) is 4.55 Å². The maximum absolute atomic E-state index is 11.8. The van der Waals surface area contributed by atoms with Crippen molar-refractivity contribution in [2.24, 2.45) is 16.2 Å². The van der Waals surface area contributed by atoms with Crippen LogP contribution in [0.3, 0.4) is 0 Å². The van der Waals surface area contributed by atoms with Crippen LogP contribution in [-0.4, -0.2) is 25.6 Å². The predicted molar refractivity (Wildman–Crippen MR) is 151 cm³/mol. The van der Waals surface area contributed by atoms with E-state index < -0.39 is 10.1 Å². The summed E-state index contributed by atoms with van der Waals surface area (Å²) in [7, 11) is -2.11. The minimum atomic E-state index is -4.23. The Hall–Kier alpha value is -0.910. The third-order valence-electron chi connectivity index (χ3n) is 10.1. The molecule has 2 atom stereocenters. The molecule has 0 heterocycles. The van der Waals surface area contributed by atoms with Gasteiger partial charge < -0.3 is 5.32 Å². The van der Waals surface area contributed by atoms with E-state index in [1.54, 1.807) is 12.1 Å². The summed E-state index contributed by atoms with van der Waals surface area (Å²) in [5.41, 5.74) is 1.51. The minimum Gasteiger partial charge on any atom is -0.314 e. The fraction of sp³-hybridized carbons (Fsp3) is 0.800. The lowest BCUT2D eigenvalue weighted by Gasteiger charge is -2.56. The van der Waals surface area contributed by atoms with Crippen LogP contribution < -0.4 is 5.32 Å². The summed E-state index contributed by atoms with van der Waals surface area (Å²) in [5, 5.41) is 3.86. The average molecular weight is 510 g/mol. The van der Waals surface area contributed by atoms with Crippen molar-refractivity contribution in [3.8, 4) is 0 Å². The van der Waals surface area contributed by atoms with Crippen molar-refractivity contribution in [1.82, 2.24) is 5.32 Å². The summed E-state index contributed by atoms with van der Waals surface area (Å²) >= 11 is 0. The molecule has 1 rings (SSSR count). The minimum absolute atomic E-state index is 0.0379. The molecule has 204 valence electrons. The third-order valence-corrected chi connectivity index (χ3v) is 11.0. The molecule has 0 aliphatic heterocycles. The van der Waals surface area contributed by atoms with E-state index in [1.807, 2.05) is 12.1 Å². The molecular formula is C30H55NO3S. The maximum Gasteiger partial charge on any atom is 0.294 e. The number of rotatable bonds is 16. The zero-order valence-corrected chi connectivity index (χ0v) is 25.2. The van der Waals surface area contributed by atoms with Gasteiger partial charge in [0.2, 0.25) is 0 Å². The van der Waals surface area contributed by atoms with Crippen LogP contribution in [0.25, 0.3) is 0 Å². The number of hydrogen-bond donors (Lipinski definition) is 2. The number of benzene rings is 1. The van der Waals surface area contributed by atoms with Crippen molar-refractivity contribution >= 4 is 10.1 Å². The molecule has 0 saturated carbocycles. The Labute approximate surface area is 217 Å². The first kappa shape index (κ1) is 32.1. The van der Waals surface area contributed by atoms with E-state index in [0.717, 1.165) is 57.8 Å². The molecule has 0 saturated heterocycles. The second-order valence-electron chi connectivity index (χ2n) is 11.7. The molecule has 0 amide bonds. The number of nitrogens with one attached hydrogen (secondary N) is 1. The van der Waals surface area contributed by atoms with Crippen LogP contribution in [-0.2, 0) is 10.1 Å². The van der Waals surface area contributed by atoms with Crippen LogP contribution in [0, 0.1) is 16.2 Å². The first-order valence-corrected chi connectivity index (χ1v) is 15.4. The largest absolute Gasteiger partial charge is 0.314 e. The molecule has 0 radical (unpaired) electrons. The standard InChI is InChI=1S/C30H55NO3S/c1-11-27(8,12-2)22-29(15-5,16-6)26(24-18-20-25(21-19-24)35(32,33)34)30(17-7,31-10)23-28(9,13-3)14-4/h18-21,26,31H,11-17,22-23H2,1-10H3,(H,32,33,34). The summed E-state index contributed by atoms with van der Waals surface area (Å²) in [6, 6.07) is 7.09. The van der Waals surface area contributed by atoms with Crippen LogP contribution in [0.15, 0.2) is 29.2 Å². The van der Waals surface area contributed by atoms with Gasteiger partial charge in [-0.1, -0.05) is 100 Å². The predicted octanol–water partition coefficient (Wildman–Crippen LogP) is 8.62. The second kappa shape index (κ2) is 12.6. The molecule has 2 unspecified atom stereocenters. The van der Waals surface area contributed by atoms with Crippen molar-refractivity contribution < 1.29 is 13.0 Å². The summed E-state index contributed by atoms with van der Waals surface area (Å²) in [4.78, 5) is -0.0379. The van der Waals surface area contributed by atoms with Crippen LogP contribution in [0.5, 0.6) is 0 Å². The second-order valence-corrected chi connectivity index (χ2v) is 13.1. The van der Waals surface area contributed by atoms with E-state index in [-0.39, 0.29) is 32.6 Å². The molecule has 0 aromatic heterocycles. The zero-order valence-electron chi connectivity index (χ0n) is 24.4. The molecule has 4 nitrogen and oxygen atoms in total. The van der Waals surface area contributed by atoms with Crippen LogP contribution in [0.1, 0.15) is 132 Å². The number of hydrogen-bond acceptors (Lipinski definition) is 3. The van der Waals surface area contributed by atoms with E-state index in [2.05, 4.69) is 74.7 Å². The van der Waals surface area contributed by atoms with Crippen molar-refractivity contribution in [2.75, 3.05) is 7.05 Å². The number of likely N-dealkylation sites (N-methyl/N-ethyl adjacent to an activating group) is 1. The first-order valence-electron chi connectivity index (χ1n) is 14.0. The Kier molecular flexibility index (Phi) is 11.5. The molecule has 1 aromatic carbocycles. The molecular weight excluding hydrogens is 454 g/mol. The van der Waals surface area contributed by atoms with Gasteiger partial charge in [-0.05, 0) is 73.1 Å². The summed E-state index contributed by atoms with van der Waals surface area (Å²) in [6.07, 6.45) is 9.80. The fourth-order valence-electron chi connectivity index (χ4n) is 6.55. The highest BCUT2D eigenvalue weighted by Gasteiger charge is 2.52. The van der Waals surface area contributed by atoms with Crippen LogP contribution in [0.4, 0.5) is 0 Å². The first-order chi connectivity index (χ1) is 16.2. The molecule has 2 N–H and O–H groups in total. The Bertz CT molecular complexity index is 823. The molecule has 0 fully saturated rings. The molecule has 35 heavy (non-hydrogen) atoms. The van der Waals surface area contributed by atoms with E-state index in [0.29, 0.717) is 0 Å². The lowest BCUT2D eigenvalue weighted by molar-refractivity contribution is 0.0215. The lowest BCUT2D eigenvalue weighted by Crippen LogP contribution is -2.56. The lowest BCUT2D eigenvalue weighted by atomic mass is 9.52. The summed E-state index contributed by atoms with van der Waals surface area (Å²) in [6.45, 7) is 21.0. The van der Waals surface area contributed by atoms with Crippen molar-refractivity contribution in [1.29, 1.82) is 0 Å². The van der Waals surface area contributed by atoms with Crippen LogP contribution in [0.2, 0.25) is 0 Å². The van der Waals surface area contributed by atoms with Crippen molar-refractivity contribution in [3.05, 3.63) is 29.8 Å². The van der Waals surface area contributed by atoms with E-state index >= 15 is 0 Å². The van der Waals surface area contributed by atoms with Gasteiger partial charge in [0.15, 0.2) is 0 Å². The van der Waals surface area contributed by atoms with Gasteiger partial charge in [0.05, 0.1) is 4.90 Å². The van der Waals surface area contributed by atoms with E-state index in [9.17, 15) is 13.0 Å². The van der Waals surface area contributed by atoms with Crippen molar-refractivity contribution in [3.63, 3.8) is 0 Å². The summed E-state index contributed by atoms with van der Waals surface area (Å²) in [5.74, 6) is 0.199. The smallest absolute Gasteiger partial charge is 0.294 e. The van der Waals surface area contributed by atoms with Gasteiger partial charge >= 0.3 is 0 Å². The van der Waals surface area contributed by atoms with Gasteiger partial charge in [-0.15, -0.1) is 0 Å². The highest BCUT2D eigenvalue weighted by Crippen LogP contribution is 2.58. The van der Waals surface area contributed by atoms with E-state index in [4.69, 9.17) is 0 Å². The van der Waals surface area contributed by atoms with E-state index in [1.165, 1.54) is 5.56 Å². The Morgan fingerprint density at radius 3 is 1.49 bits per heavy atom. The third kappa shape index (κ3) is 7.11. The molecule has 0 bridgehead atoms. The monoisotopic (exact) mass is 509 g/mol. The Morgan fingerprint density at radius 1 is 0.743 bits per heavy atom. The topological polar surface area (TPSA) is 66.4 Å². The zero-order chi connectivity index (χ0) is 27.1. The Balaban J connectivity index is 3.98. The van der Waals surface area contributed by atoms with Crippen LogP contribution >= 0.6 is 0 Å².